The van der Waals surface area contributed by atoms with Crippen molar-refractivity contribution in [2.45, 2.75) is 20.3 Å². The summed E-state index contributed by atoms with van der Waals surface area (Å²) < 4.78 is 10.8. The molecule has 0 spiro atoms. The number of ether oxygens (including phenoxy) is 2. The Morgan fingerprint density at radius 2 is 1.67 bits per heavy atom. The third-order valence-corrected chi connectivity index (χ3v) is 3.57. The van der Waals surface area contributed by atoms with Gasteiger partial charge in [0, 0.05) is 12.2 Å². The van der Waals surface area contributed by atoms with Crippen LogP contribution in [-0.4, -0.2) is 20.3 Å². The van der Waals surface area contributed by atoms with E-state index in [1.165, 1.54) is 16.8 Å². The third-order valence-electron chi connectivity index (χ3n) is 3.57. The predicted molar refractivity (Wildman–Crippen MR) is 87.5 cm³/mol. The van der Waals surface area contributed by atoms with Crippen molar-refractivity contribution in [3.8, 4) is 11.5 Å². The average Bonchev–Trinajstić information content (AvgIpc) is 2.51. The van der Waals surface area contributed by atoms with Crippen LogP contribution < -0.4 is 14.8 Å². The first-order valence-electron chi connectivity index (χ1n) is 7.27. The van der Waals surface area contributed by atoms with Crippen LogP contribution in [0.4, 0.5) is 5.69 Å². The molecule has 0 unspecified atom stereocenters. The molecule has 112 valence electrons. The van der Waals surface area contributed by atoms with E-state index < -0.39 is 0 Å². The molecule has 1 N–H and O–H groups in total. The molecule has 0 aliphatic carbocycles. The van der Waals surface area contributed by atoms with E-state index in [0.717, 1.165) is 24.5 Å². The van der Waals surface area contributed by atoms with Crippen LogP contribution in [0.1, 0.15) is 17.5 Å². The van der Waals surface area contributed by atoms with Gasteiger partial charge in [-0.1, -0.05) is 12.1 Å². The maximum absolute atomic E-state index is 5.70. The fraction of sp³-hybridized carbons (Fsp3) is 0.333. The van der Waals surface area contributed by atoms with Crippen LogP contribution in [0.2, 0.25) is 0 Å². The fourth-order valence-electron chi connectivity index (χ4n) is 2.10. The summed E-state index contributed by atoms with van der Waals surface area (Å²) in [7, 11) is 1.66. The Morgan fingerprint density at radius 1 is 0.952 bits per heavy atom. The molecule has 0 saturated heterocycles. The molecule has 2 aromatic rings. The van der Waals surface area contributed by atoms with Crippen LogP contribution >= 0.6 is 0 Å². The highest BCUT2D eigenvalue weighted by atomic mass is 16.5. The van der Waals surface area contributed by atoms with Crippen molar-refractivity contribution in [2.24, 2.45) is 0 Å². The van der Waals surface area contributed by atoms with E-state index >= 15 is 0 Å². The summed E-state index contributed by atoms with van der Waals surface area (Å²) in [5.41, 5.74) is 3.84. The molecule has 21 heavy (non-hydrogen) atoms. The molecule has 0 heterocycles. The van der Waals surface area contributed by atoms with Crippen molar-refractivity contribution in [3.05, 3.63) is 53.6 Å². The number of methoxy groups -OCH3 is 1. The monoisotopic (exact) mass is 285 g/mol. The van der Waals surface area contributed by atoms with Gasteiger partial charge in [0.15, 0.2) is 0 Å². The number of anilines is 1. The molecule has 3 nitrogen and oxygen atoms in total. The van der Waals surface area contributed by atoms with Gasteiger partial charge in [0.2, 0.25) is 0 Å². The van der Waals surface area contributed by atoms with Gasteiger partial charge in [-0.15, -0.1) is 0 Å². The first-order chi connectivity index (χ1) is 10.2. The Kier molecular flexibility index (Phi) is 5.50. The molecule has 0 fully saturated rings. The molecule has 0 amide bonds. The Morgan fingerprint density at radius 3 is 2.38 bits per heavy atom. The lowest BCUT2D eigenvalue weighted by Gasteiger charge is -2.12. The van der Waals surface area contributed by atoms with Crippen LogP contribution in [0.15, 0.2) is 42.5 Å². The minimum Gasteiger partial charge on any atom is -0.497 e. The molecule has 3 heteroatoms. The number of benzene rings is 2. The number of hydrogen-bond acceptors (Lipinski definition) is 3. The lowest BCUT2D eigenvalue weighted by Crippen LogP contribution is -2.08. The molecule has 0 saturated carbocycles. The zero-order chi connectivity index (χ0) is 15.1. The molecule has 0 aliphatic rings. The summed E-state index contributed by atoms with van der Waals surface area (Å²) in [5, 5.41) is 3.46. The van der Waals surface area contributed by atoms with Gasteiger partial charge in [0.1, 0.15) is 11.5 Å². The normalized spacial score (nSPS) is 10.2. The van der Waals surface area contributed by atoms with Crippen LogP contribution in [0.3, 0.4) is 0 Å². The highest BCUT2D eigenvalue weighted by Gasteiger charge is 2.00. The molecule has 2 rings (SSSR count). The first kappa shape index (κ1) is 15.2. The highest BCUT2D eigenvalue weighted by Crippen LogP contribution is 2.18. The predicted octanol–water partition coefficient (Wildman–Crippen LogP) is 4.19. The summed E-state index contributed by atoms with van der Waals surface area (Å²) >= 11 is 0. The Bertz CT molecular complexity index is 564. The Labute approximate surface area is 126 Å². The summed E-state index contributed by atoms with van der Waals surface area (Å²) in [5.74, 6) is 1.72. The lowest BCUT2D eigenvalue weighted by molar-refractivity contribution is 0.314. The van der Waals surface area contributed by atoms with Crippen molar-refractivity contribution < 1.29 is 9.47 Å². The van der Waals surface area contributed by atoms with Gasteiger partial charge in [-0.25, -0.2) is 0 Å². The zero-order valence-corrected chi connectivity index (χ0v) is 13.0. The van der Waals surface area contributed by atoms with Crippen molar-refractivity contribution >= 4 is 5.69 Å². The largest absolute Gasteiger partial charge is 0.497 e. The van der Waals surface area contributed by atoms with Crippen molar-refractivity contribution in [2.75, 3.05) is 25.6 Å². The first-order valence-corrected chi connectivity index (χ1v) is 7.27. The second-order valence-electron chi connectivity index (χ2n) is 5.05. The van der Waals surface area contributed by atoms with Crippen LogP contribution in [0.5, 0.6) is 11.5 Å². The zero-order valence-electron chi connectivity index (χ0n) is 13.0. The van der Waals surface area contributed by atoms with Gasteiger partial charge in [-0.3, -0.25) is 0 Å². The van der Waals surface area contributed by atoms with Gasteiger partial charge in [-0.2, -0.15) is 0 Å². The molecule has 0 bridgehead atoms. The molecule has 0 aromatic heterocycles. The molecule has 2 aromatic carbocycles. The van der Waals surface area contributed by atoms with E-state index in [4.69, 9.17) is 9.47 Å². The summed E-state index contributed by atoms with van der Waals surface area (Å²) in [4.78, 5) is 0. The van der Waals surface area contributed by atoms with E-state index in [-0.39, 0.29) is 0 Å². The summed E-state index contributed by atoms with van der Waals surface area (Å²) in [6.45, 7) is 5.88. The number of aryl methyl sites for hydroxylation is 1. The van der Waals surface area contributed by atoms with Crippen molar-refractivity contribution in [3.63, 3.8) is 0 Å². The molecular formula is C18H23NO2. The number of nitrogens with one attached hydrogen (secondary N) is 1. The van der Waals surface area contributed by atoms with Gasteiger partial charge < -0.3 is 14.8 Å². The van der Waals surface area contributed by atoms with E-state index in [2.05, 4.69) is 37.4 Å². The van der Waals surface area contributed by atoms with Crippen LogP contribution in [0, 0.1) is 13.8 Å². The van der Waals surface area contributed by atoms with E-state index in [1.54, 1.807) is 7.11 Å². The topological polar surface area (TPSA) is 30.5 Å². The maximum Gasteiger partial charge on any atom is 0.119 e. The highest BCUT2D eigenvalue weighted by molar-refractivity contribution is 5.53. The van der Waals surface area contributed by atoms with Gasteiger partial charge in [-0.05, 0) is 61.7 Å². The Hall–Kier alpha value is -2.16. The SMILES string of the molecule is COc1ccc(OCCCNc2cccc(C)c2C)cc1. The summed E-state index contributed by atoms with van der Waals surface area (Å²) in [6.07, 6.45) is 0.958. The molecule has 0 radical (unpaired) electrons. The lowest BCUT2D eigenvalue weighted by atomic mass is 10.1. The third kappa shape index (κ3) is 4.42. The fourth-order valence-corrected chi connectivity index (χ4v) is 2.10. The van der Waals surface area contributed by atoms with E-state index in [9.17, 15) is 0 Å². The molecule has 0 aliphatic heterocycles. The summed E-state index contributed by atoms with van der Waals surface area (Å²) in [6, 6.07) is 14.0. The second kappa shape index (κ2) is 7.58. The van der Waals surface area contributed by atoms with Gasteiger partial charge in [0.05, 0.1) is 13.7 Å². The molecular weight excluding hydrogens is 262 g/mol. The minimum atomic E-state index is 0.699. The molecule has 0 atom stereocenters. The van der Waals surface area contributed by atoms with E-state index in [0.29, 0.717) is 6.61 Å². The van der Waals surface area contributed by atoms with Gasteiger partial charge >= 0.3 is 0 Å². The average molecular weight is 285 g/mol. The maximum atomic E-state index is 5.70. The van der Waals surface area contributed by atoms with Crippen LogP contribution in [-0.2, 0) is 0 Å². The van der Waals surface area contributed by atoms with E-state index in [1.807, 2.05) is 24.3 Å². The number of hydrogen-bond donors (Lipinski definition) is 1. The second-order valence-corrected chi connectivity index (χ2v) is 5.05. The standard InChI is InChI=1S/C18H23NO2/c1-14-6-4-7-18(15(14)2)19-12-5-13-21-17-10-8-16(20-3)9-11-17/h4,6-11,19H,5,12-13H2,1-3H3. The number of rotatable bonds is 7. The minimum absolute atomic E-state index is 0.699. The van der Waals surface area contributed by atoms with Crippen molar-refractivity contribution in [1.82, 2.24) is 0 Å². The Balaban J connectivity index is 1.71. The van der Waals surface area contributed by atoms with Crippen molar-refractivity contribution in [1.29, 1.82) is 0 Å². The quantitative estimate of drug-likeness (QED) is 0.774. The van der Waals surface area contributed by atoms with Gasteiger partial charge in [0.25, 0.3) is 0 Å². The smallest absolute Gasteiger partial charge is 0.119 e. The van der Waals surface area contributed by atoms with Crippen LogP contribution in [0.25, 0.3) is 0 Å².